The van der Waals surface area contributed by atoms with Gasteiger partial charge in [-0.3, -0.25) is 9.59 Å². The lowest BCUT2D eigenvalue weighted by Crippen LogP contribution is -2.12. The van der Waals surface area contributed by atoms with Crippen molar-refractivity contribution in [2.75, 3.05) is 17.4 Å². The van der Waals surface area contributed by atoms with Crippen LogP contribution in [0.15, 0.2) is 36.4 Å². The second-order valence-electron chi connectivity index (χ2n) is 5.61. The maximum atomic E-state index is 12.1. The smallest absolute Gasteiger partial charge is 0.231 e. The van der Waals surface area contributed by atoms with E-state index in [0.29, 0.717) is 35.0 Å². The van der Waals surface area contributed by atoms with Crippen LogP contribution in [-0.4, -0.2) is 18.6 Å². The number of carbonyl (C=O) groups excluding carboxylic acids is 2. The third-order valence-corrected chi connectivity index (χ3v) is 3.95. The Balaban J connectivity index is 1.55. The number of anilines is 2. The van der Waals surface area contributed by atoms with E-state index < -0.39 is 0 Å². The van der Waals surface area contributed by atoms with Gasteiger partial charge in [-0.25, -0.2) is 0 Å². The number of rotatable bonds is 5. The minimum absolute atomic E-state index is 0.124. The van der Waals surface area contributed by atoms with Gasteiger partial charge in [0, 0.05) is 19.0 Å². The van der Waals surface area contributed by atoms with Gasteiger partial charge in [0.15, 0.2) is 11.5 Å². The summed E-state index contributed by atoms with van der Waals surface area (Å²) in [6.45, 7) is 1.64. The van der Waals surface area contributed by atoms with Crippen molar-refractivity contribution < 1.29 is 19.1 Å². The van der Waals surface area contributed by atoms with Crippen LogP contribution in [0.4, 0.5) is 11.4 Å². The third kappa shape index (κ3) is 4.42. The van der Waals surface area contributed by atoms with Gasteiger partial charge >= 0.3 is 0 Å². The molecule has 0 spiro atoms. The van der Waals surface area contributed by atoms with Crippen molar-refractivity contribution in [1.82, 2.24) is 0 Å². The molecule has 130 valence electrons. The zero-order valence-electron chi connectivity index (χ0n) is 13.6. The molecule has 0 fully saturated rings. The predicted molar refractivity (Wildman–Crippen MR) is 95.3 cm³/mol. The lowest BCUT2D eigenvalue weighted by atomic mass is 10.1. The lowest BCUT2D eigenvalue weighted by Gasteiger charge is -2.09. The van der Waals surface area contributed by atoms with E-state index in [0.717, 1.165) is 11.3 Å². The van der Waals surface area contributed by atoms with Crippen molar-refractivity contribution in [3.05, 3.63) is 47.0 Å². The van der Waals surface area contributed by atoms with Crippen molar-refractivity contribution in [3.63, 3.8) is 0 Å². The van der Waals surface area contributed by atoms with E-state index in [9.17, 15) is 9.59 Å². The van der Waals surface area contributed by atoms with Gasteiger partial charge in [-0.05, 0) is 42.3 Å². The molecule has 0 aliphatic carbocycles. The zero-order valence-corrected chi connectivity index (χ0v) is 14.4. The highest BCUT2D eigenvalue weighted by Gasteiger charge is 2.14. The molecule has 0 bridgehead atoms. The van der Waals surface area contributed by atoms with Gasteiger partial charge in [0.25, 0.3) is 0 Å². The topological polar surface area (TPSA) is 76.7 Å². The highest BCUT2D eigenvalue weighted by atomic mass is 35.5. The molecule has 2 aromatic carbocycles. The fraction of sp³-hybridized carbons (Fsp3) is 0.222. The molecule has 2 amide bonds. The molecular weight excluding hydrogens is 344 g/mol. The number of fused-ring (bicyclic) bond motifs is 1. The summed E-state index contributed by atoms with van der Waals surface area (Å²) in [5.41, 5.74) is 2.08. The molecule has 0 aromatic heterocycles. The Morgan fingerprint density at radius 2 is 1.88 bits per heavy atom. The average Bonchev–Trinajstić information content (AvgIpc) is 3.03. The van der Waals surface area contributed by atoms with Crippen molar-refractivity contribution >= 4 is 34.8 Å². The number of amides is 2. The molecule has 6 nitrogen and oxygen atoms in total. The fourth-order valence-electron chi connectivity index (χ4n) is 2.46. The maximum Gasteiger partial charge on any atom is 0.231 e. The van der Waals surface area contributed by atoms with Gasteiger partial charge in [-0.2, -0.15) is 0 Å². The van der Waals surface area contributed by atoms with Crippen LogP contribution in [0.3, 0.4) is 0 Å². The fourth-order valence-corrected chi connectivity index (χ4v) is 2.69. The van der Waals surface area contributed by atoms with E-state index in [-0.39, 0.29) is 18.6 Å². The summed E-state index contributed by atoms with van der Waals surface area (Å²) < 4.78 is 10.6. The van der Waals surface area contributed by atoms with E-state index in [4.69, 9.17) is 21.1 Å². The Labute approximate surface area is 150 Å². The molecule has 25 heavy (non-hydrogen) atoms. The van der Waals surface area contributed by atoms with Crippen molar-refractivity contribution in [1.29, 1.82) is 0 Å². The van der Waals surface area contributed by atoms with Gasteiger partial charge in [0.1, 0.15) is 0 Å². The molecule has 2 aromatic rings. The third-order valence-electron chi connectivity index (χ3n) is 3.64. The highest BCUT2D eigenvalue weighted by Crippen LogP contribution is 2.32. The number of hydrogen-bond donors (Lipinski definition) is 2. The number of carbonyl (C=O) groups is 2. The van der Waals surface area contributed by atoms with Crippen LogP contribution in [-0.2, 0) is 16.0 Å². The minimum Gasteiger partial charge on any atom is -0.454 e. The van der Waals surface area contributed by atoms with Crippen molar-refractivity contribution in [2.24, 2.45) is 0 Å². The summed E-state index contributed by atoms with van der Waals surface area (Å²) in [5, 5.41) is 5.77. The van der Waals surface area contributed by atoms with Crippen molar-refractivity contribution in [2.45, 2.75) is 19.8 Å². The van der Waals surface area contributed by atoms with E-state index in [1.165, 1.54) is 6.92 Å². The first-order valence-corrected chi connectivity index (χ1v) is 8.14. The van der Waals surface area contributed by atoms with Crippen LogP contribution >= 0.6 is 11.6 Å². The SMILES string of the molecule is CC(=O)Nc1ccc(NC(=O)CCc2ccc3c(c2)OCO3)cc1Cl. The first-order valence-electron chi connectivity index (χ1n) is 7.77. The Morgan fingerprint density at radius 3 is 2.64 bits per heavy atom. The Hall–Kier alpha value is -2.73. The first-order chi connectivity index (χ1) is 12.0. The maximum absolute atomic E-state index is 12.1. The summed E-state index contributed by atoms with van der Waals surface area (Å²) in [6, 6.07) is 10.6. The summed E-state index contributed by atoms with van der Waals surface area (Å²) >= 11 is 6.09. The molecule has 0 saturated carbocycles. The minimum atomic E-state index is -0.206. The lowest BCUT2D eigenvalue weighted by molar-refractivity contribution is -0.116. The summed E-state index contributed by atoms with van der Waals surface area (Å²) in [4.78, 5) is 23.2. The van der Waals surface area contributed by atoms with Gasteiger partial charge < -0.3 is 20.1 Å². The normalized spacial score (nSPS) is 11.9. The molecule has 1 aliphatic rings. The number of nitrogens with one attached hydrogen (secondary N) is 2. The standard InChI is InChI=1S/C18H17ClN2O4/c1-11(22)20-15-5-4-13(9-14(15)19)21-18(23)7-3-12-2-6-16-17(8-12)25-10-24-16/h2,4-6,8-9H,3,7,10H2,1H3,(H,20,22)(H,21,23). The molecule has 0 saturated heterocycles. The molecule has 3 rings (SSSR count). The number of aryl methyl sites for hydroxylation is 1. The van der Waals surface area contributed by atoms with Crippen LogP contribution in [0.2, 0.25) is 5.02 Å². The first kappa shape index (κ1) is 17.1. The summed E-state index contributed by atoms with van der Waals surface area (Å²) in [6.07, 6.45) is 0.908. The Bertz CT molecular complexity index is 823. The van der Waals surface area contributed by atoms with E-state index in [1.807, 2.05) is 18.2 Å². The largest absolute Gasteiger partial charge is 0.454 e. The average molecular weight is 361 g/mol. The molecule has 7 heteroatoms. The monoisotopic (exact) mass is 360 g/mol. The quantitative estimate of drug-likeness (QED) is 0.854. The van der Waals surface area contributed by atoms with Crippen molar-refractivity contribution in [3.8, 4) is 11.5 Å². The Morgan fingerprint density at radius 1 is 1.08 bits per heavy atom. The molecule has 1 aliphatic heterocycles. The molecule has 0 atom stereocenters. The van der Waals surface area contributed by atoms with Gasteiger partial charge in [-0.15, -0.1) is 0 Å². The molecular formula is C18H17ClN2O4. The number of ether oxygens (including phenoxy) is 2. The van der Waals surface area contributed by atoms with E-state index in [1.54, 1.807) is 18.2 Å². The molecule has 0 radical (unpaired) electrons. The molecule has 2 N–H and O–H groups in total. The second-order valence-corrected chi connectivity index (χ2v) is 6.02. The second kappa shape index (κ2) is 7.44. The summed E-state index contributed by atoms with van der Waals surface area (Å²) in [7, 11) is 0. The van der Waals surface area contributed by atoms with E-state index >= 15 is 0 Å². The van der Waals surface area contributed by atoms with Gasteiger partial charge in [0.2, 0.25) is 18.6 Å². The predicted octanol–water partition coefficient (Wildman–Crippen LogP) is 3.60. The van der Waals surface area contributed by atoms with Crippen LogP contribution in [0.5, 0.6) is 11.5 Å². The molecule has 0 unspecified atom stereocenters. The van der Waals surface area contributed by atoms with Gasteiger partial charge in [-0.1, -0.05) is 17.7 Å². The van der Waals surface area contributed by atoms with Gasteiger partial charge in [0.05, 0.1) is 10.7 Å². The Kier molecular flexibility index (Phi) is 5.09. The molecule has 1 heterocycles. The van der Waals surface area contributed by atoms with E-state index in [2.05, 4.69) is 10.6 Å². The zero-order chi connectivity index (χ0) is 17.8. The number of hydrogen-bond acceptors (Lipinski definition) is 4. The van der Waals surface area contributed by atoms with Crippen LogP contribution in [0.1, 0.15) is 18.9 Å². The number of benzene rings is 2. The van der Waals surface area contributed by atoms with Crippen LogP contribution in [0, 0.1) is 0 Å². The number of halogens is 1. The van der Waals surface area contributed by atoms with Crippen LogP contribution in [0.25, 0.3) is 0 Å². The summed E-state index contributed by atoms with van der Waals surface area (Å²) in [5.74, 6) is 1.10. The van der Waals surface area contributed by atoms with Crippen LogP contribution < -0.4 is 20.1 Å². The highest BCUT2D eigenvalue weighted by molar-refractivity contribution is 6.34.